The number of hydrogen-bond donors (Lipinski definition) is 3. The number of aromatic nitrogens is 1. The molecule has 0 saturated carbocycles. The second kappa shape index (κ2) is 7.15. The molecule has 0 amide bonds. The van der Waals surface area contributed by atoms with Crippen molar-refractivity contribution in [2.75, 3.05) is 50.1 Å². The van der Waals surface area contributed by atoms with Gasteiger partial charge in [0.05, 0.1) is 13.2 Å². The van der Waals surface area contributed by atoms with Crippen LogP contribution in [0.5, 0.6) is 0 Å². The number of nitrogens with one attached hydrogen (secondary N) is 2. The Morgan fingerprint density at radius 2 is 2.22 bits per heavy atom. The molecule has 0 atom stereocenters. The van der Waals surface area contributed by atoms with E-state index in [9.17, 15) is 0 Å². The largest absolute Gasteiger partial charge is 0.385 e. The van der Waals surface area contributed by atoms with Gasteiger partial charge in [-0.1, -0.05) is 0 Å². The quantitative estimate of drug-likeness (QED) is 0.388. The molecule has 0 radical (unpaired) electrons. The molecule has 1 aliphatic rings. The maximum absolute atomic E-state index is 5.32. The van der Waals surface area contributed by atoms with Gasteiger partial charge in [0.1, 0.15) is 5.82 Å². The van der Waals surface area contributed by atoms with Crippen LogP contribution in [0.3, 0.4) is 0 Å². The highest BCUT2D eigenvalue weighted by Gasteiger charge is 2.08. The molecule has 1 fully saturated rings. The second-order valence-electron chi connectivity index (χ2n) is 4.31. The van der Waals surface area contributed by atoms with E-state index in [1.54, 1.807) is 6.20 Å². The van der Waals surface area contributed by atoms with Crippen molar-refractivity contribution in [1.82, 2.24) is 9.88 Å². The summed E-state index contributed by atoms with van der Waals surface area (Å²) in [6.45, 7) is 5.90. The highest BCUT2D eigenvalue weighted by molar-refractivity contribution is 5.51. The van der Waals surface area contributed by atoms with Gasteiger partial charge in [-0.15, -0.1) is 0 Å². The zero-order valence-corrected chi connectivity index (χ0v) is 10.6. The van der Waals surface area contributed by atoms with Gasteiger partial charge in [0.2, 0.25) is 0 Å². The van der Waals surface area contributed by atoms with Gasteiger partial charge in [0, 0.05) is 37.6 Å². The van der Waals surface area contributed by atoms with E-state index in [-0.39, 0.29) is 0 Å². The maximum atomic E-state index is 5.32. The topological polar surface area (TPSA) is 75.4 Å². The first-order chi connectivity index (χ1) is 8.88. The molecule has 6 heteroatoms. The predicted octanol–water partition coefficient (Wildman–Crippen LogP) is 0.501. The summed E-state index contributed by atoms with van der Waals surface area (Å²) >= 11 is 0. The van der Waals surface area contributed by atoms with Crippen LogP contribution >= 0.6 is 0 Å². The van der Waals surface area contributed by atoms with Crippen molar-refractivity contribution in [2.45, 2.75) is 6.42 Å². The first-order valence-corrected chi connectivity index (χ1v) is 6.35. The summed E-state index contributed by atoms with van der Waals surface area (Å²) in [5.41, 5.74) is 3.58. The van der Waals surface area contributed by atoms with Gasteiger partial charge in [0.15, 0.2) is 0 Å². The lowest BCUT2D eigenvalue weighted by atomic mass is 10.3. The minimum atomic E-state index is 0.674. The molecule has 6 nitrogen and oxygen atoms in total. The van der Waals surface area contributed by atoms with Crippen molar-refractivity contribution in [3.8, 4) is 0 Å². The third-order valence-corrected chi connectivity index (χ3v) is 2.99. The van der Waals surface area contributed by atoms with E-state index in [0.717, 1.165) is 51.5 Å². The number of pyridine rings is 1. The molecule has 1 saturated heterocycles. The van der Waals surface area contributed by atoms with Gasteiger partial charge in [-0.3, -0.25) is 4.90 Å². The second-order valence-corrected chi connectivity index (χ2v) is 4.31. The van der Waals surface area contributed by atoms with Gasteiger partial charge in [-0.2, -0.15) is 0 Å². The van der Waals surface area contributed by atoms with Crippen molar-refractivity contribution in [1.29, 1.82) is 0 Å². The Hall–Kier alpha value is -1.37. The van der Waals surface area contributed by atoms with E-state index in [1.807, 2.05) is 12.1 Å². The van der Waals surface area contributed by atoms with E-state index >= 15 is 0 Å². The van der Waals surface area contributed by atoms with Gasteiger partial charge >= 0.3 is 0 Å². The molecule has 0 bridgehead atoms. The van der Waals surface area contributed by atoms with E-state index in [4.69, 9.17) is 10.6 Å². The van der Waals surface area contributed by atoms with Gasteiger partial charge in [-0.05, 0) is 19.0 Å². The number of nitrogens with zero attached hydrogens (tertiary/aromatic N) is 2. The van der Waals surface area contributed by atoms with Crippen LogP contribution in [0.1, 0.15) is 6.42 Å². The van der Waals surface area contributed by atoms with Crippen LogP contribution in [0.25, 0.3) is 0 Å². The monoisotopic (exact) mass is 251 g/mol. The van der Waals surface area contributed by atoms with Crippen molar-refractivity contribution < 1.29 is 4.74 Å². The first kappa shape index (κ1) is 13.1. The van der Waals surface area contributed by atoms with E-state index in [0.29, 0.717) is 5.82 Å². The van der Waals surface area contributed by atoms with Crippen molar-refractivity contribution in [3.63, 3.8) is 0 Å². The maximum Gasteiger partial charge on any atom is 0.141 e. The third-order valence-electron chi connectivity index (χ3n) is 2.99. The number of nitrogen functional groups attached to an aromatic ring is 1. The van der Waals surface area contributed by atoms with E-state index in [2.05, 4.69) is 20.6 Å². The number of anilines is 2. The van der Waals surface area contributed by atoms with Crippen LogP contribution in [0.4, 0.5) is 11.5 Å². The fraction of sp³-hybridized carbons (Fsp3) is 0.583. The predicted molar refractivity (Wildman–Crippen MR) is 72.4 cm³/mol. The Labute approximate surface area is 107 Å². The number of hydrazine groups is 1. The SMILES string of the molecule is NNc1cc(NCCCN2CCOCC2)ccn1. The zero-order valence-electron chi connectivity index (χ0n) is 10.6. The molecule has 0 aromatic carbocycles. The van der Waals surface area contributed by atoms with Crippen molar-refractivity contribution >= 4 is 11.5 Å². The molecule has 18 heavy (non-hydrogen) atoms. The van der Waals surface area contributed by atoms with Crippen molar-refractivity contribution in [2.24, 2.45) is 5.84 Å². The number of morpholine rings is 1. The summed E-state index contributed by atoms with van der Waals surface area (Å²) in [7, 11) is 0. The van der Waals surface area contributed by atoms with Crippen LogP contribution in [-0.2, 0) is 4.74 Å². The molecule has 2 heterocycles. The minimum Gasteiger partial charge on any atom is -0.385 e. The summed E-state index contributed by atoms with van der Waals surface area (Å²) in [6, 6.07) is 3.84. The average molecular weight is 251 g/mol. The number of rotatable bonds is 6. The lowest BCUT2D eigenvalue weighted by molar-refractivity contribution is 0.0378. The lowest BCUT2D eigenvalue weighted by Gasteiger charge is -2.26. The summed E-state index contributed by atoms with van der Waals surface area (Å²) in [6.07, 6.45) is 2.85. The fourth-order valence-corrected chi connectivity index (χ4v) is 1.98. The van der Waals surface area contributed by atoms with Gasteiger partial charge in [0.25, 0.3) is 0 Å². The van der Waals surface area contributed by atoms with Crippen LogP contribution in [0, 0.1) is 0 Å². The smallest absolute Gasteiger partial charge is 0.141 e. The Balaban J connectivity index is 1.65. The molecule has 100 valence electrons. The van der Waals surface area contributed by atoms with Gasteiger partial charge in [-0.25, -0.2) is 10.8 Å². The lowest BCUT2D eigenvalue weighted by Crippen LogP contribution is -2.37. The molecule has 0 spiro atoms. The highest BCUT2D eigenvalue weighted by Crippen LogP contribution is 2.10. The van der Waals surface area contributed by atoms with E-state index < -0.39 is 0 Å². The van der Waals surface area contributed by atoms with Crippen LogP contribution in [0.15, 0.2) is 18.3 Å². The molecule has 0 aliphatic carbocycles. The standard InChI is InChI=1S/C12H21N5O/c13-16-12-10-11(2-4-15-12)14-3-1-5-17-6-8-18-9-7-17/h2,4,10H,1,3,5-9,13H2,(H2,14,15,16). The van der Waals surface area contributed by atoms with Crippen molar-refractivity contribution in [3.05, 3.63) is 18.3 Å². The molecule has 1 aromatic rings. The fourth-order valence-electron chi connectivity index (χ4n) is 1.98. The molecule has 0 unspecified atom stereocenters. The molecule has 2 rings (SSSR count). The molecule has 4 N–H and O–H groups in total. The molecular formula is C12H21N5O. The van der Waals surface area contributed by atoms with Gasteiger partial charge < -0.3 is 15.5 Å². The van der Waals surface area contributed by atoms with E-state index in [1.165, 1.54) is 0 Å². The minimum absolute atomic E-state index is 0.674. The number of hydrogen-bond acceptors (Lipinski definition) is 6. The van der Waals surface area contributed by atoms with Crippen LogP contribution in [-0.4, -0.2) is 49.3 Å². The number of ether oxygens (including phenoxy) is 1. The van der Waals surface area contributed by atoms with Crippen LogP contribution in [0.2, 0.25) is 0 Å². The first-order valence-electron chi connectivity index (χ1n) is 6.35. The van der Waals surface area contributed by atoms with Crippen LogP contribution < -0.4 is 16.6 Å². The average Bonchev–Trinajstić information content (AvgIpc) is 2.45. The summed E-state index contributed by atoms with van der Waals surface area (Å²) in [4.78, 5) is 6.50. The Morgan fingerprint density at radius 1 is 1.39 bits per heavy atom. The summed E-state index contributed by atoms with van der Waals surface area (Å²) in [5, 5.41) is 3.37. The molecule has 1 aromatic heterocycles. The normalized spacial score (nSPS) is 16.5. The molecular weight excluding hydrogens is 230 g/mol. The zero-order chi connectivity index (χ0) is 12.6. The summed E-state index contributed by atoms with van der Waals surface area (Å²) < 4.78 is 5.32. The molecule has 1 aliphatic heterocycles. The third kappa shape index (κ3) is 4.14. The Bertz CT molecular complexity index is 354. The number of nitrogens with two attached hydrogens (primary N) is 1. The summed E-state index contributed by atoms with van der Waals surface area (Å²) in [5.74, 6) is 5.99. The highest BCUT2D eigenvalue weighted by atomic mass is 16.5. The Morgan fingerprint density at radius 3 is 3.00 bits per heavy atom. The Kier molecular flexibility index (Phi) is 5.19.